The predicted molar refractivity (Wildman–Crippen MR) is 65.8 cm³/mol. The van der Waals surface area contributed by atoms with Gasteiger partial charge in [0.05, 0.1) is 0 Å². The molecule has 5 heteroatoms. The van der Waals surface area contributed by atoms with Crippen molar-refractivity contribution in [2.75, 3.05) is 5.32 Å². The minimum Gasteiger partial charge on any atom is -0.366 e. The van der Waals surface area contributed by atoms with E-state index in [9.17, 15) is 0 Å². The molecule has 1 heterocycles. The first-order chi connectivity index (χ1) is 7.75. The van der Waals surface area contributed by atoms with E-state index in [4.69, 9.17) is 23.2 Å². The highest BCUT2D eigenvalue weighted by Gasteiger charge is 2.01. The van der Waals surface area contributed by atoms with Gasteiger partial charge in [0.1, 0.15) is 12.1 Å². The molecule has 16 heavy (non-hydrogen) atoms. The van der Waals surface area contributed by atoms with Crippen molar-refractivity contribution in [2.24, 2.45) is 0 Å². The lowest BCUT2D eigenvalue weighted by Gasteiger charge is -2.06. The molecule has 0 spiro atoms. The number of nitrogens with zero attached hydrogens (tertiary/aromatic N) is 2. The minimum atomic E-state index is 0.604. The van der Waals surface area contributed by atoms with E-state index in [2.05, 4.69) is 15.3 Å². The van der Waals surface area contributed by atoms with Crippen LogP contribution in [0.1, 0.15) is 5.56 Å². The molecule has 1 N–H and O–H groups in total. The van der Waals surface area contributed by atoms with Crippen molar-refractivity contribution in [2.45, 2.75) is 6.54 Å². The summed E-state index contributed by atoms with van der Waals surface area (Å²) in [5.74, 6) is 0.765. The molecule has 0 aliphatic carbocycles. The van der Waals surface area contributed by atoms with Gasteiger partial charge in [-0.15, -0.1) is 0 Å². The fourth-order valence-electron chi connectivity index (χ4n) is 1.25. The second kappa shape index (κ2) is 5.14. The third kappa shape index (κ3) is 2.84. The zero-order valence-electron chi connectivity index (χ0n) is 8.32. The third-order valence-corrected chi connectivity index (χ3v) is 2.64. The van der Waals surface area contributed by atoms with Gasteiger partial charge in [-0.2, -0.15) is 0 Å². The first-order valence-corrected chi connectivity index (χ1v) is 5.45. The molecule has 0 unspecified atom stereocenters. The Morgan fingerprint density at radius 1 is 1.19 bits per heavy atom. The van der Waals surface area contributed by atoms with Crippen molar-refractivity contribution in [3.8, 4) is 0 Å². The highest BCUT2D eigenvalue weighted by molar-refractivity contribution is 6.35. The molecule has 1 aromatic heterocycles. The molecule has 0 bridgehead atoms. The predicted octanol–water partition coefficient (Wildman–Crippen LogP) is 3.40. The van der Waals surface area contributed by atoms with Gasteiger partial charge in [-0.25, -0.2) is 9.97 Å². The second-order valence-corrected chi connectivity index (χ2v) is 4.03. The van der Waals surface area contributed by atoms with E-state index < -0.39 is 0 Å². The Balaban J connectivity index is 2.05. The van der Waals surface area contributed by atoms with Gasteiger partial charge >= 0.3 is 0 Å². The standard InChI is InChI=1S/C11H9Cl2N3/c12-9-2-1-8(10(13)5-9)6-15-11-3-4-14-7-16-11/h1-5,7H,6H2,(H,14,15,16). The van der Waals surface area contributed by atoms with Gasteiger partial charge in [0.25, 0.3) is 0 Å². The summed E-state index contributed by atoms with van der Waals surface area (Å²) in [4.78, 5) is 7.88. The first-order valence-electron chi connectivity index (χ1n) is 4.69. The quantitative estimate of drug-likeness (QED) is 0.912. The van der Waals surface area contributed by atoms with Crippen LogP contribution in [0.2, 0.25) is 10.0 Å². The number of halogens is 2. The van der Waals surface area contributed by atoms with Gasteiger partial charge in [0.15, 0.2) is 0 Å². The fourth-order valence-corrected chi connectivity index (χ4v) is 1.72. The number of aromatic nitrogens is 2. The summed E-state index contributed by atoms with van der Waals surface area (Å²) in [5.41, 5.74) is 0.977. The molecule has 0 amide bonds. The maximum Gasteiger partial charge on any atom is 0.129 e. The topological polar surface area (TPSA) is 37.8 Å². The van der Waals surface area contributed by atoms with Crippen LogP contribution in [0.15, 0.2) is 36.8 Å². The van der Waals surface area contributed by atoms with Crippen LogP contribution in [-0.4, -0.2) is 9.97 Å². The van der Waals surface area contributed by atoms with E-state index in [0.717, 1.165) is 11.4 Å². The molecule has 1 aromatic carbocycles. The SMILES string of the molecule is Clc1ccc(CNc2ccncn2)c(Cl)c1. The number of anilines is 1. The lowest BCUT2D eigenvalue weighted by atomic mass is 10.2. The van der Waals surface area contributed by atoms with Gasteiger partial charge < -0.3 is 5.32 Å². The maximum absolute atomic E-state index is 6.04. The molecule has 0 radical (unpaired) electrons. The summed E-state index contributed by atoms with van der Waals surface area (Å²) in [5, 5.41) is 4.42. The van der Waals surface area contributed by atoms with E-state index in [1.165, 1.54) is 6.33 Å². The van der Waals surface area contributed by atoms with Crippen molar-refractivity contribution in [1.82, 2.24) is 9.97 Å². The smallest absolute Gasteiger partial charge is 0.129 e. The monoisotopic (exact) mass is 253 g/mol. The van der Waals surface area contributed by atoms with Gasteiger partial charge in [0.2, 0.25) is 0 Å². The van der Waals surface area contributed by atoms with Crippen LogP contribution in [0, 0.1) is 0 Å². The average Bonchev–Trinajstić information content (AvgIpc) is 2.29. The van der Waals surface area contributed by atoms with Crippen molar-refractivity contribution in [3.63, 3.8) is 0 Å². The molecule has 0 saturated carbocycles. The van der Waals surface area contributed by atoms with Crippen molar-refractivity contribution in [1.29, 1.82) is 0 Å². The third-order valence-electron chi connectivity index (χ3n) is 2.06. The first kappa shape index (κ1) is 11.2. The Hall–Kier alpha value is -1.32. The van der Waals surface area contributed by atoms with Crippen molar-refractivity contribution < 1.29 is 0 Å². The Kier molecular flexibility index (Phi) is 3.59. The van der Waals surface area contributed by atoms with E-state index in [1.54, 1.807) is 18.3 Å². The van der Waals surface area contributed by atoms with Gasteiger partial charge in [-0.1, -0.05) is 29.3 Å². The second-order valence-electron chi connectivity index (χ2n) is 3.18. The molecule has 3 nitrogen and oxygen atoms in total. The average molecular weight is 254 g/mol. The number of benzene rings is 1. The zero-order chi connectivity index (χ0) is 11.4. The summed E-state index contributed by atoms with van der Waals surface area (Å²) in [6, 6.07) is 7.22. The van der Waals surface area contributed by atoms with Gasteiger partial charge in [-0.3, -0.25) is 0 Å². The number of hydrogen-bond donors (Lipinski definition) is 1. The van der Waals surface area contributed by atoms with E-state index in [1.807, 2.05) is 12.1 Å². The van der Waals surface area contributed by atoms with Crippen LogP contribution >= 0.6 is 23.2 Å². The highest BCUT2D eigenvalue weighted by Crippen LogP contribution is 2.21. The van der Waals surface area contributed by atoms with E-state index in [-0.39, 0.29) is 0 Å². The Labute approximate surface area is 103 Å². The summed E-state index contributed by atoms with van der Waals surface area (Å²) in [6.07, 6.45) is 3.17. The number of hydrogen-bond acceptors (Lipinski definition) is 3. The molecule has 0 aliphatic heterocycles. The van der Waals surface area contributed by atoms with Crippen LogP contribution in [0.4, 0.5) is 5.82 Å². The van der Waals surface area contributed by atoms with Crippen LogP contribution in [-0.2, 0) is 6.54 Å². The van der Waals surface area contributed by atoms with Gasteiger partial charge in [-0.05, 0) is 23.8 Å². The summed E-state index contributed by atoms with van der Waals surface area (Å²) < 4.78 is 0. The molecule has 0 atom stereocenters. The van der Waals surface area contributed by atoms with E-state index in [0.29, 0.717) is 16.6 Å². The number of nitrogens with one attached hydrogen (secondary N) is 1. The van der Waals surface area contributed by atoms with Crippen LogP contribution in [0.5, 0.6) is 0 Å². The highest BCUT2D eigenvalue weighted by atomic mass is 35.5. The molecule has 0 aliphatic rings. The van der Waals surface area contributed by atoms with E-state index >= 15 is 0 Å². The van der Waals surface area contributed by atoms with Crippen LogP contribution < -0.4 is 5.32 Å². The number of rotatable bonds is 3. The lowest BCUT2D eigenvalue weighted by molar-refractivity contribution is 1.08. The largest absolute Gasteiger partial charge is 0.366 e. The molecule has 0 fully saturated rings. The van der Waals surface area contributed by atoms with Crippen LogP contribution in [0.3, 0.4) is 0 Å². The Morgan fingerprint density at radius 2 is 2.06 bits per heavy atom. The zero-order valence-corrected chi connectivity index (χ0v) is 9.83. The molecular weight excluding hydrogens is 245 g/mol. The van der Waals surface area contributed by atoms with Crippen molar-refractivity contribution in [3.05, 3.63) is 52.4 Å². The van der Waals surface area contributed by atoms with Crippen LogP contribution in [0.25, 0.3) is 0 Å². The lowest BCUT2D eigenvalue weighted by Crippen LogP contribution is -2.01. The molecule has 2 rings (SSSR count). The maximum atomic E-state index is 6.04. The molecule has 2 aromatic rings. The van der Waals surface area contributed by atoms with Crippen molar-refractivity contribution >= 4 is 29.0 Å². The fraction of sp³-hybridized carbons (Fsp3) is 0.0909. The Bertz CT molecular complexity index is 474. The molecule has 82 valence electrons. The van der Waals surface area contributed by atoms with Gasteiger partial charge in [0, 0.05) is 22.8 Å². The minimum absolute atomic E-state index is 0.604. The Morgan fingerprint density at radius 3 is 2.75 bits per heavy atom. The molecular formula is C11H9Cl2N3. The normalized spacial score (nSPS) is 10.1. The summed E-state index contributed by atoms with van der Waals surface area (Å²) in [6.45, 7) is 0.604. The summed E-state index contributed by atoms with van der Waals surface area (Å²) in [7, 11) is 0. The molecule has 0 saturated heterocycles. The summed E-state index contributed by atoms with van der Waals surface area (Å²) >= 11 is 11.8.